The summed E-state index contributed by atoms with van der Waals surface area (Å²) in [7, 11) is -4.75. The van der Waals surface area contributed by atoms with Crippen LogP contribution in [0.2, 0.25) is 0 Å². The molecule has 6 N–H and O–H groups in total. The molecule has 3 atom stereocenters. The van der Waals surface area contributed by atoms with Crippen LogP contribution in [0.1, 0.15) is 51.8 Å². The molecule has 3 unspecified atom stereocenters. The number of benzene rings is 3. The lowest BCUT2D eigenvalue weighted by Gasteiger charge is -2.23. The van der Waals surface area contributed by atoms with E-state index in [0.717, 1.165) is 0 Å². The van der Waals surface area contributed by atoms with Gasteiger partial charge in [-0.1, -0.05) is 36.4 Å². The molecule has 3 rings (SSSR count). The van der Waals surface area contributed by atoms with Crippen molar-refractivity contribution in [2.75, 3.05) is 0 Å². The van der Waals surface area contributed by atoms with Crippen molar-refractivity contribution in [2.45, 2.75) is 38.9 Å². The number of ketones is 3. The first-order valence-corrected chi connectivity index (χ1v) is 13.2. The van der Waals surface area contributed by atoms with E-state index in [-0.39, 0.29) is 33.9 Å². The van der Waals surface area contributed by atoms with Crippen LogP contribution in [0.3, 0.4) is 0 Å². The highest BCUT2D eigenvalue weighted by molar-refractivity contribution is 7.49. The van der Waals surface area contributed by atoms with Crippen molar-refractivity contribution in [3.63, 3.8) is 0 Å². The summed E-state index contributed by atoms with van der Waals surface area (Å²) in [5.74, 6) is -1.84. The van der Waals surface area contributed by atoms with Gasteiger partial charge >= 0.3 is 7.82 Å². The predicted octanol–water partition coefficient (Wildman–Crippen LogP) is 3.92. The van der Waals surface area contributed by atoms with E-state index in [1.807, 2.05) is 0 Å². The van der Waals surface area contributed by atoms with Crippen LogP contribution in [-0.4, -0.2) is 35.5 Å². The normalized spacial score (nSPS) is 14.9. The fraction of sp³-hybridized carbons (Fsp3) is 0.222. The van der Waals surface area contributed by atoms with Gasteiger partial charge in [0, 0.05) is 0 Å². The molecule has 10 nitrogen and oxygen atoms in total. The Labute approximate surface area is 220 Å². The zero-order chi connectivity index (χ0) is 28.0. The van der Waals surface area contributed by atoms with Gasteiger partial charge in [0.1, 0.15) is 17.2 Å². The summed E-state index contributed by atoms with van der Waals surface area (Å²) in [5.41, 5.74) is 17.4. The minimum absolute atomic E-state index is 0.0369. The van der Waals surface area contributed by atoms with E-state index in [1.165, 1.54) is 57.2 Å². The van der Waals surface area contributed by atoms with E-state index in [0.29, 0.717) is 0 Å². The molecule has 200 valence electrons. The van der Waals surface area contributed by atoms with E-state index in [4.69, 9.17) is 30.8 Å². The van der Waals surface area contributed by atoms with Gasteiger partial charge in [0.2, 0.25) is 0 Å². The second-order valence-electron chi connectivity index (χ2n) is 8.67. The highest BCUT2D eigenvalue weighted by Crippen LogP contribution is 2.51. The quantitative estimate of drug-likeness (QED) is 0.226. The molecule has 0 heterocycles. The second kappa shape index (κ2) is 12.1. The molecule has 0 saturated carbocycles. The average Bonchev–Trinajstić information content (AvgIpc) is 2.88. The maximum absolute atomic E-state index is 14.3. The van der Waals surface area contributed by atoms with E-state index < -0.39 is 43.3 Å². The molecule has 0 bridgehead atoms. The standard InChI is InChI=1S/C27H30N3O7P/c1-16(28)25(31)19-10-4-7-13-22(19)35-38(34,36-23-14-8-5-11-20(23)26(32)17(2)29)37-24-15-9-6-12-21(24)27(33)18(3)30/h4-18H,28-30H2,1-3H3. The molecular weight excluding hydrogens is 509 g/mol. The Morgan fingerprint density at radius 3 is 1.03 bits per heavy atom. The first-order valence-electron chi connectivity index (χ1n) is 11.8. The molecule has 0 radical (unpaired) electrons. The van der Waals surface area contributed by atoms with Crippen LogP contribution in [0.15, 0.2) is 72.8 Å². The fourth-order valence-corrected chi connectivity index (χ4v) is 4.71. The number of hydrogen-bond acceptors (Lipinski definition) is 10. The molecule has 0 spiro atoms. The second-order valence-corrected chi connectivity index (χ2v) is 10.1. The third-order valence-electron chi connectivity index (χ3n) is 5.33. The smallest absolute Gasteiger partial charge is 0.385 e. The van der Waals surface area contributed by atoms with Crippen LogP contribution in [0.5, 0.6) is 17.2 Å². The summed E-state index contributed by atoms with van der Waals surface area (Å²) in [4.78, 5) is 38.1. The molecule has 0 saturated heterocycles. The first-order chi connectivity index (χ1) is 17.9. The van der Waals surface area contributed by atoms with Crippen molar-refractivity contribution in [1.29, 1.82) is 0 Å². The van der Waals surface area contributed by atoms with Crippen LogP contribution in [-0.2, 0) is 4.57 Å². The van der Waals surface area contributed by atoms with Gasteiger partial charge in [-0.25, -0.2) is 0 Å². The summed E-state index contributed by atoms with van der Waals surface area (Å²) in [6.45, 7) is 4.49. The molecule has 0 aliphatic carbocycles. The van der Waals surface area contributed by atoms with E-state index >= 15 is 0 Å². The van der Waals surface area contributed by atoms with E-state index in [2.05, 4.69) is 0 Å². The van der Waals surface area contributed by atoms with Crippen LogP contribution in [0, 0.1) is 0 Å². The van der Waals surface area contributed by atoms with E-state index in [1.54, 1.807) is 36.4 Å². The van der Waals surface area contributed by atoms with Crippen LogP contribution in [0.4, 0.5) is 0 Å². The van der Waals surface area contributed by atoms with Gasteiger partial charge < -0.3 is 30.8 Å². The number of phosphoric acid groups is 1. The molecule has 0 amide bonds. The van der Waals surface area contributed by atoms with Gasteiger partial charge in [-0.15, -0.1) is 0 Å². The first kappa shape index (κ1) is 28.7. The van der Waals surface area contributed by atoms with Gasteiger partial charge in [0.15, 0.2) is 17.3 Å². The number of nitrogens with two attached hydrogens (primary N) is 3. The average molecular weight is 540 g/mol. The summed E-state index contributed by atoms with van der Waals surface area (Å²) in [6, 6.07) is 15.3. The molecule has 0 aliphatic heterocycles. The van der Waals surface area contributed by atoms with Gasteiger partial charge in [-0.3, -0.25) is 14.4 Å². The van der Waals surface area contributed by atoms with Gasteiger partial charge in [-0.05, 0) is 57.2 Å². The van der Waals surface area contributed by atoms with Crippen molar-refractivity contribution >= 4 is 25.2 Å². The van der Waals surface area contributed by atoms with Crippen LogP contribution >= 0.6 is 7.82 Å². The number of hydrogen-bond donors (Lipinski definition) is 3. The highest BCUT2D eigenvalue weighted by Gasteiger charge is 2.37. The summed E-state index contributed by atoms with van der Waals surface area (Å²) >= 11 is 0. The Hall–Kier alpha value is -3.82. The minimum Gasteiger partial charge on any atom is -0.385 e. The number of carbonyl (C=O) groups excluding carboxylic acids is 3. The third kappa shape index (κ3) is 6.73. The van der Waals surface area contributed by atoms with Crippen molar-refractivity contribution in [3.05, 3.63) is 89.5 Å². The van der Waals surface area contributed by atoms with Crippen LogP contribution < -0.4 is 30.8 Å². The molecule has 11 heteroatoms. The zero-order valence-electron chi connectivity index (χ0n) is 21.2. The van der Waals surface area contributed by atoms with Crippen molar-refractivity contribution in [2.24, 2.45) is 17.2 Å². The Kier molecular flexibility index (Phi) is 9.19. The summed E-state index contributed by atoms with van der Waals surface area (Å²) < 4.78 is 31.5. The fourth-order valence-electron chi connectivity index (χ4n) is 3.40. The number of Topliss-reactive ketones (excluding diaryl/α,β-unsaturated/α-hetero) is 3. The van der Waals surface area contributed by atoms with Crippen LogP contribution in [0.25, 0.3) is 0 Å². The van der Waals surface area contributed by atoms with Crippen molar-refractivity contribution in [3.8, 4) is 17.2 Å². The van der Waals surface area contributed by atoms with E-state index in [9.17, 15) is 18.9 Å². The highest BCUT2D eigenvalue weighted by atomic mass is 31.2. The summed E-state index contributed by atoms with van der Waals surface area (Å²) in [5, 5.41) is 0. The Bertz CT molecular complexity index is 1220. The number of phosphoric ester groups is 1. The Balaban J connectivity index is 2.14. The molecule has 3 aromatic carbocycles. The molecule has 38 heavy (non-hydrogen) atoms. The molecule has 0 aliphatic rings. The molecule has 3 aromatic rings. The number of para-hydroxylation sites is 3. The topological polar surface area (TPSA) is 174 Å². The monoisotopic (exact) mass is 539 g/mol. The van der Waals surface area contributed by atoms with Gasteiger partial charge in [0.05, 0.1) is 34.8 Å². The minimum atomic E-state index is -4.75. The molecular formula is C27H30N3O7P. The predicted molar refractivity (Wildman–Crippen MR) is 143 cm³/mol. The third-order valence-corrected chi connectivity index (χ3v) is 6.59. The lowest BCUT2D eigenvalue weighted by atomic mass is 10.1. The molecule has 0 aromatic heterocycles. The Morgan fingerprint density at radius 1 is 0.553 bits per heavy atom. The van der Waals surface area contributed by atoms with Crippen molar-refractivity contribution < 1.29 is 32.5 Å². The Morgan fingerprint density at radius 2 is 0.789 bits per heavy atom. The summed E-state index contributed by atoms with van der Waals surface area (Å²) in [6.07, 6.45) is 0. The maximum Gasteiger partial charge on any atom is 0.647 e. The SMILES string of the molecule is CC(N)C(=O)c1ccccc1OP(=O)(Oc1ccccc1C(=O)C(C)N)Oc1ccccc1C(=O)C(C)N. The number of carbonyl (C=O) groups is 3. The lowest BCUT2D eigenvalue weighted by molar-refractivity contribution is 0.0959. The molecule has 0 fully saturated rings. The van der Waals surface area contributed by atoms with Crippen molar-refractivity contribution in [1.82, 2.24) is 0 Å². The zero-order valence-corrected chi connectivity index (χ0v) is 22.1. The largest absolute Gasteiger partial charge is 0.647 e. The maximum atomic E-state index is 14.3. The lowest BCUT2D eigenvalue weighted by Crippen LogP contribution is -2.28. The number of rotatable bonds is 12. The van der Waals surface area contributed by atoms with Gasteiger partial charge in [-0.2, -0.15) is 4.57 Å². The van der Waals surface area contributed by atoms with Gasteiger partial charge in [0.25, 0.3) is 0 Å².